The van der Waals surface area contributed by atoms with E-state index >= 15 is 0 Å². The zero-order chi connectivity index (χ0) is 15.9. The third-order valence-corrected chi connectivity index (χ3v) is 4.04. The molecule has 0 spiro atoms. The van der Waals surface area contributed by atoms with Crippen molar-refractivity contribution in [1.82, 2.24) is 4.98 Å². The zero-order valence-corrected chi connectivity index (χ0v) is 16.4. The molecule has 0 bridgehead atoms. The molecule has 0 N–H and O–H groups in total. The largest absolute Gasteiger partial charge is 0.439 e. The molecule has 0 saturated heterocycles. The molecule has 0 amide bonds. The van der Waals surface area contributed by atoms with Crippen molar-refractivity contribution in [2.75, 3.05) is 0 Å². The van der Waals surface area contributed by atoms with Crippen molar-refractivity contribution in [3.8, 4) is 11.6 Å². The van der Waals surface area contributed by atoms with E-state index in [1.807, 2.05) is 42.5 Å². The number of rotatable bonds is 7. The molecule has 0 aliphatic rings. The Kier molecular flexibility index (Phi) is 7.42. The third kappa shape index (κ3) is 5.15. The van der Waals surface area contributed by atoms with Crippen molar-refractivity contribution >= 4 is 10.9 Å². The van der Waals surface area contributed by atoms with E-state index in [0.717, 1.165) is 23.1 Å². The van der Waals surface area contributed by atoms with Gasteiger partial charge >= 0.3 is 0 Å². The summed E-state index contributed by atoms with van der Waals surface area (Å²) in [5.41, 5.74) is 2.33. The van der Waals surface area contributed by atoms with Gasteiger partial charge in [-0.05, 0) is 42.7 Å². The van der Waals surface area contributed by atoms with Gasteiger partial charge in [-0.2, -0.15) is 0 Å². The topological polar surface area (TPSA) is 22.1 Å². The number of hydrogen-bond donors (Lipinski definition) is 0. The predicted octanol–water partition coefficient (Wildman–Crippen LogP) is 6.15. The molecule has 0 aliphatic carbocycles. The van der Waals surface area contributed by atoms with Crippen LogP contribution in [0.3, 0.4) is 0 Å². The van der Waals surface area contributed by atoms with Crippen LogP contribution >= 0.6 is 0 Å². The molecule has 2 aromatic carbocycles. The number of unbranched alkanes of at least 4 members (excludes halogenated alkanes) is 3. The van der Waals surface area contributed by atoms with E-state index in [1.165, 1.54) is 31.2 Å². The molecule has 0 saturated carbocycles. The van der Waals surface area contributed by atoms with Gasteiger partial charge in [-0.1, -0.05) is 56.5 Å². The standard InChI is InChI=1S/C21H23NO.Ir/c1-2-3-4-5-8-17-11-14-19(15-12-17)23-21-16-13-18-9-6-7-10-20(18)22-21;/h6-7,9-16H,2-5,8H2,1H3;. The quantitative estimate of drug-likeness (QED) is 0.366. The molecular formula is C21H23IrNO. The fraction of sp³-hybridized carbons (Fsp3) is 0.286. The van der Waals surface area contributed by atoms with E-state index in [0.29, 0.717) is 5.88 Å². The van der Waals surface area contributed by atoms with Crippen LogP contribution in [0.25, 0.3) is 10.9 Å². The summed E-state index contributed by atoms with van der Waals surface area (Å²) in [6.07, 6.45) is 6.34. The maximum absolute atomic E-state index is 5.87. The number of pyridine rings is 1. The average Bonchev–Trinajstić information content (AvgIpc) is 2.60. The van der Waals surface area contributed by atoms with Gasteiger partial charge in [-0.25, -0.2) is 4.98 Å². The summed E-state index contributed by atoms with van der Waals surface area (Å²) < 4.78 is 5.87. The predicted molar refractivity (Wildman–Crippen MR) is 96.1 cm³/mol. The molecule has 127 valence electrons. The molecule has 0 aliphatic heterocycles. The van der Waals surface area contributed by atoms with Crippen LogP contribution in [0.1, 0.15) is 38.2 Å². The number of para-hydroxylation sites is 1. The van der Waals surface area contributed by atoms with Gasteiger partial charge in [0, 0.05) is 31.6 Å². The number of nitrogens with zero attached hydrogens (tertiary/aromatic N) is 1. The summed E-state index contributed by atoms with van der Waals surface area (Å²) in [6.45, 7) is 2.24. The van der Waals surface area contributed by atoms with Gasteiger partial charge in [0.15, 0.2) is 0 Å². The van der Waals surface area contributed by atoms with Gasteiger partial charge in [0.25, 0.3) is 0 Å². The maximum Gasteiger partial charge on any atom is 0.219 e. The molecule has 3 aromatic rings. The third-order valence-electron chi connectivity index (χ3n) is 4.04. The number of aryl methyl sites for hydroxylation is 1. The molecule has 24 heavy (non-hydrogen) atoms. The number of fused-ring (bicyclic) bond motifs is 1. The minimum Gasteiger partial charge on any atom is -0.439 e. The van der Waals surface area contributed by atoms with E-state index in [2.05, 4.69) is 30.1 Å². The van der Waals surface area contributed by atoms with Gasteiger partial charge in [0.1, 0.15) is 5.75 Å². The number of ether oxygens (including phenoxy) is 1. The molecule has 1 radical (unpaired) electrons. The smallest absolute Gasteiger partial charge is 0.219 e. The molecule has 3 rings (SSSR count). The van der Waals surface area contributed by atoms with E-state index in [9.17, 15) is 0 Å². The molecule has 1 aromatic heterocycles. The fourth-order valence-electron chi connectivity index (χ4n) is 2.70. The summed E-state index contributed by atoms with van der Waals surface area (Å²) in [6, 6.07) is 20.4. The molecule has 0 unspecified atom stereocenters. The summed E-state index contributed by atoms with van der Waals surface area (Å²) >= 11 is 0. The summed E-state index contributed by atoms with van der Waals surface area (Å²) in [5, 5.41) is 1.13. The van der Waals surface area contributed by atoms with Gasteiger partial charge < -0.3 is 4.74 Å². The van der Waals surface area contributed by atoms with Crippen molar-refractivity contribution in [3.05, 3.63) is 66.2 Å². The Morgan fingerprint density at radius 3 is 2.42 bits per heavy atom. The molecule has 0 fully saturated rings. The minimum atomic E-state index is 0. The SMILES string of the molecule is CCCCCCc1ccc(Oc2ccc3ccccc3n2)cc1.[Ir]. The summed E-state index contributed by atoms with van der Waals surface area (Å²) in [4.78, 5) is 4.54. The van der Waals surface area contributed by atoms with Gasteiger partial charge in [0.2, 0.25) is 5.88 Å². The van der Waals surface area contributed by atoms with Crippen LogP contribution in [0.5, 0.6) is 11.6 Å². The first-order valence-electron chi connectivity index (χ1n) is 8.48. The number of benzene rings is 2. The van der Waals surface area contributed by atoms with Gasteiger partial charge in [-0.3, -0.25) is 0 Å². The Labute approximate surface area is 157 Å². The first-order chi connectivity index (χ1) is 11.3. The minimum absolute atomic E-state index is 0. The van der Waals surface area contributed by atoms with E-state index < -0.39 is 0 Å². The van der Waals surface area contributed by atoms with Crippen molar-refractivity contribution in [1.29, 1.82) is 0 Å². The summed E-state index contributed by atoms with van der Waals surface area (Å²) in [7, 11) is 0. The van der Waals surface area contributed by atoms with Crippen LogP contribution in [-0.4, -0.2) is 4.98 Å². The first-order valence-corrected chi connectivity index (χ1v) is 8.48. The Hall–Kier alpha value is -1.70. The van der Waals surface area contributed by atoms with Gasteiger partial charge in [-0.15, -0.1) is 0 Å². The Bertz CT molecular complexity index is 755. The van der Waals surface area contributed by atoms with Crippen LogP contribution in [0.15, 0.2) is 60.7 Å². The van der Waals surface area contributed by atoms with E-state index in [-0.39, 0.29) is 20.1 Å². The number of hydrogen-bond acceptors (Lipinski definition) is 2. The number of aromatic nitrogens is 1. The van der Waals surface area contributed by atoms with Crippen molar-refractivity contribution < 1.29 is 24.8 Å². The first kappa shape index (κ1) is 18.6. The van der Waals surface area contributed by atoms with Crippen LogP contribution in [0.2, 0.25) is 0 Å². The molecular weight excluding hydrogens is 474 g/mol. The normalized spacial score (nSPS) is 10.4. The second-order valence-corrected chi connectivity index (χ2v) is 5.90. The Morgan fingerprint density at radius 1 is 0.833 bits per heavy atom. The molecule has 1 heterocycles. The van der Waals surface area contributed by atoms with Crippen LogP contribution in [-0.2, 0) is 26.5 Å². The van der Waals surface area contributed by atoms with Crippen molar-refractivity contribution in [2.24, 2.45) is 0 Å². The fourth-order valence-corrected chi connectivity index (χ4v) is 2.70. The van der Waals surface area contributed by atoms with Crippen LogP contribution < -0.4 is 4.74 Å². The molecule has 2 nitrogen and oxygen atoms in total. The van der Waals surface area contributed by atoms with Gasteiger partial charge in [0.05, 0.1) is 5.52 Å². The molecule has 3 heteroatoms. The monoisotopic (exact) mass is 498 g/mol. The Balaban J connectivity index is 0.00000208. The second-order valence-electron chi connectivity index (χ2n) is 5.90. The van der Waals surface area contributed by atoms with E-state index in [1.54, 1.807) is 0 Å². The van der Waals surface area contributed by atoms with Crippen molar-refractivity contribution in [3.63, 3.8) is 0 Å². The molecule has 0 atom stereocenters. The zero-order valence-electron chi connectivity index (χ0n) is 14.0. The van der Waals surface area contributed by atoms with Crippen LogP contribution in [0, 0.1) is 0 Å². The van der Waals surface area contributed by atoms with E-state index in [4.69, 9.17) is 4.74 Å². The Morgan fingerprint density at radius 2 is 1.62 bits per heavy atom. The maximum atomic E-state index is 5.87. The average molecular weight is 498 g/mol. The van der Waals surface area contributed by atoms with Crippen molar-refractivity contribution in [2.45, 2.75) is 39.0 Å². The van der Waals surface area contributed by atoms with Crippen LogP contribution in [0.4, 0.5) is 0 Å². The second kappa shape index (κ2) is 9.56. The summed E-state index contributed by atoms with van der Waals surface area (Å²) in [5.74, 6) is 1.48.